The van der Waals surface area contributed by atoms with Gasteiger partial charge >= 0.3 is 11.9 Å². The standard InChI is InChI=1S/C17H14O6/c1-22-9-6-7-13-11(8-9)14(15(16(18)19)17(20)21)10-4-2-3-5-12(10)23-13/h2-8,14-15H,1H3,(H,18,19)(H,20,21). The number of methoxy groups -OCH3 is 1. The number of para-hydroxylation sites is 1. The van der Waals surface area contributed by atoms with Crippen LogP contribution in [0.5, 0.6) is 17.2 Å². The van der Waals surface area contributed by atoms with Gasteiger partial charge in [0.05, 0.1) is 7.11 Å². The number of fused-ring (bicyclic) bond motifs is 2. The van der Waals surface area contributed by atoms with Gasteiger partial charge in [-0.15, -0.1) is 0 Å². The topological polar surface area (TPSA) is 93.1 Å². The van der Waals surface area contributed by atoms with E-state index in [-0.39, 0.29) is 0 Å². The number of ether oxygens (including phenoxy) is 2. The van der Waals surface area contributed by atoms with Crippen LogP contribution in [0.15, 0.2) is 42.5 Å². The van der Waals surface area contributed by atoms with E-state index in [4.69, 9.17) is 9.47 Å². The Morgan fingerprint density at radius 3 is 2.35 bits per heavy atom. The van der Waals surface area contributed by atoms with Crippen LogP contribution in [0.3, 0.4) is 0 Å². The van der Waals surface area contributed by atoms with Crippen molar-refractivity contribution in [3.63, 3.8) is 0 Å². The van der Waals surface area contributed by atoms with Crippen LogP contribution in [0, 0.1) is 5.92 Å². The van der Waals surface area contributed by atoms with Crippen molar-refractivity contribution in [2.75, 3.05) is 7.11 Å². The number of hydrogen-bond acceptors (Lipinski definition) is 4. The largest absolute Gasteiger partial charge is 0.497 e. The van der Waals surface area contributed by atoms with Crippen LogP contribution in [-0.4, -0.2) is 29.3 Å². The zero-order chi connectivity index (χ0) is 16.6. The van der Waals surface area contributed by atoms with Crippen LogP contribution in [0.4, 0.5) is 0 Å². The van der Waals surface area contributed by atoms with E-state index in [9.17, 15) is 19.8 Å². The molecule has 0 fully saturated rings. The Labute approximate surface area is 131 Å². The van der Waals surface area contributed by atoms with E-state index in [0.29, 0.717) is 28.4 Å². The summed E-state index contributed by atoms with van der Waals surface area (Å²) in [5.74, 6) is -3.87. The van der Waals surface area contributed by atoms with Crippen LogP contribution in [-0.2, 0) is 9.59 Å². The second-order valence-corrected chi connectivity index (χ2v) is 5.18. The minimum absolute atomic E-state index is 0.432. The van der Waals surface area contributed by atoms with E-state index in [2.05, 4.69) is 0 Å². The highest BCUT2D eigenvalue weighted by Crippen LogP contribution is 2.48. The Morgan fingerprint density at radius 1 is 1.04 bits per heavy atom. The van der Waals surface area contributed by atoms with Gasteiger partial charge in [0, 0.05) is 17.0 Å². The summed E-state index contributed by atoms with van der Waals surface area (Å²) in [5.41, 5.74) is 1.01. The number of benzene rings is 2. The van der Waals surface area contributed by atoms with E-state index < -0.39 is 23.8 Å². The average Bonchev–Trinajstić information content (AvgIpc) is 2.53. The molecule has 1 unspecified atom stereocenters. The molecule has 0 aliphatic carbocycles. The molecule has 2 aromatic rings. The fourth-order valence-electron chi connectivity index (χ4n) is 2.86. The van der Waals surface area contributed by atoms with Gasteiger partial charge in [-0.2, -0.15) is 0 Å². The lowest BCUT2D eigenvalue weighted by Crippen LogP contribution is -2.32. The first-order valence-corrected chi connectivity index (χ1v) is 6.93. The number of hydrogen-bond donors (Lipinski definition) is 2. The summed E-state index contributed by atoms with van der Waals surface area (Å²) < 4.78 is 10.9. The van der Waals surface area contributed by atoms with Gasteiger partial charge in [-0.05, 0) is 24.3 Å². The third-order valence-electron chi connectivity index (χ3n) is 3.89. The van der Waals surface area contributed by atoms with Crippen molar-refractivity contribution < 1.29 is 29.3 Å². The summed E-state index contributed by atoms with van der Waals surface area (Å²) in [6, 6.07) is 11.8. The van der Waals surface area contributed by atoms with E-state index >= 15 is 0 Å². The molecule has 6 heteroatoms. The molecule has 3 rings (SSSR count). The molecule has 1 atom stereocenters. The van der Waals surface area contributed by atoms with Crippen LogP contribution >= 0.6 is 0 Å². The zero-order valence-corrected chi connectivity index (χ0v) is 12.2. The van der Waals surface area contributed by atoms with Gasteiger partial charge in [0.15, 0.2) is 5.92 Å². The maximum Gasteiger partial charge on any atom is 0.318 e. The fourth-order valence-corrected chi connectivity index (χ4v) is 2.86. The summed E-state index contributed by atoms with van der Waals surface area (Å²) in [6.45, 7) is 0. The number of carboxylic acids is 2. The van der Waals surface area contributed by atoms with Gasteiger partial charge in [-0.25, -0.2) is 0 Å². The molecule has 0 amide bonds. The first kappa shape index (κ1) is 14.9. The number of aliphatic carboxylic acids is 2. The summed E-state index contributed by atoms with van der Waals surface area (Å²) in [5, 5.41) is 18.8. The second kappa shape index (κ2) is 5.64. The van der Waals surface area contributed by atoms with Crippen molar-refractivity contribution in [1.29, 1.82) is 0 Å². The monoisotopic (exact) mass is 314 g/mol. The summed E-state index contributed by atoms with van der Waals surface area (Å²) >= 11 is 0. The molecule has 23 heavy (non-hydrogen) atoms. The molecule has 0 radical (unpaired) electrons. The van der Waals surface area contributed by atoms with E-state index in [1.165, 1.54) is 7.11 Å². The normalized spacial score (nSPS) is 15.3. The SMILES string of the molecule is COc1ccc2c(c1)C(C(C(=O)O)C(=O)O)c1ccccc1O2. The van der Waals surface area contributed by atoms with E-state index in [1.54, 1.807) is 42.5 Å². The summed E-state index contributed by atoms with van der Waals surface area (Å²) in [4.78, 5) is 23.1. The van der Waals surface area contributed by atoms with Gasteiger partial charge in [0.25, 0.3) is 0 Å². The van der Waals surface area contributed by atoms with Crippen molar-refractivity contribution in [2.24, 2.45) is 5.92 Å². The highest BCUT2D eigenvalue weighted by molar-refractivity contribution is 5.95. The van der Waals surface area contributed by atoms with Gasteiger partial charge in [0.2, 0.25) is 0 Å². The van der Waals surface area contributed by atoms with Gasteiger partial charge < -0.3 is 19.7 Å². The van der Waals surface area contributed by atoms with Crippen molar-refractivity contribution >= 4 is 11.9 Å². The number of carbonyl (C=O) groups is 2. The predicted octanol–water partition coefficient (Wildman–Crippen LogP) is 2.72. The third kappa shape index (κ3) is 2.48. The predicted molar refractivity (Wildman–Crippen MR) is 80.1 cm³/mol. The molecule has 0 aromatic heterocycles. The highest BCUT2D eigenvalue weighted by atomic mass is 16.5. The average molecular weight is 314 g/mol. The molecule has 118 valence electrons. The molecule has 0 saturated carbocycles. The molecule has 6 nitrogen and oxygen atoms in total. The smallest absolute Gasteiger partial charge is 0.318 e. The maximum atomic E-state index is 11.6. The van der Waals surface area contributed by atoms with Crippen LogP contribution < -0.4 is 9.47 Å². The molecule has 1 heterocycles. The van der Waals surface area contributed by atoms with Crippen molar-refractivity contribution in [3.05, 3.63) is 53.6 Å². The zero-order valence-electron chi connectivity index (χ0n) is 12.2. The van der Waals surface area contributed by atoms with Crippen molar-refractivity contribution in [1.82, 2.24) is 0 Å². The third-order valence-corrected chi connectivity index (χ3v) is 3.89. The Kier molecular flexibility index (Phi) is 3.65. The first-order chi connectivity index (χ1) is 11.0. The number of carboxylic acid groups (broad SMARTS) is 2. The molecular formula is C17H14O6. The highest BCUT2D eigenvalue weighted by Gasteiger charge is 2.42. The van der Waals surface area contributed by atoms with Crippen molar-refractivity contribution in [3.8, 4) is 17.2 Å². The maximum absolute atomic E-state index is 11.6. The fraction of sp³-hybridized carbons (Fsp3) is 0.176. The lowest BCUT2D eigenvalue weighted by Gasteiger charge is -2.30. The Bertz CT molecular complexity index is 768. The Hall–Kier alpha value is -3.02. The van der Waals surface area contributed by atoms with Crippen LogP contribution in [0.2, 0.25) is 0 Å². The van der Waals surface area contributed by atoms with Crippen molar-refractivity contribution in [2.45, 2.75) is 5.92 Å². The second-order valence-electron chi connectivity index (χ2n) is 5.18. The van der Waals surface area contributed by atoms with E-state index in [0.717, 1.165) is 0 Å². The van der Waals surface area contributed by atoms with Crippen LogP contribution in [0.25, 0.3) is 0 Å². The molecule has 0 bridgehead atoms. The lowest BCUT2D eigenvalue weighted by atomic mass is 9.78. The molecule has 1 aliphatic heterocycles. The number of rotatable bonds is 4. The Morgan fingerprint density at radius 2 is 1.70 bits per heavy atom. The molecule has 2 N–H and O–H groups in total. The minimum Gasteiger partial charge on any atom is -0.497 e. The molecule has 1 aliphatic rings. The first-order valence-electron chi connectivity index (χ1n) is 6.93. The molecule has 2 aromatic carbocycles. The Balaban J connectivity index is 2.24. The van der Waals surface area contributed by atoms with Gasteiger partial charge in [-0.3, -0.25) is 9.59 Å². The molecule has 0 spiro atoms. The van der Waals surface area contributed by atoms with E-state index in [1.807, 2.05) is 0 Å². The minimum atomic E-state index is -1.62. The quantitative estimate of drug-likeness (QED) is 0.843. The van der Waals surface area contributed by atoms with Gasteiger partial charge in [0.1, 0.15) is 17.2 Å². The van der Waals surface area contributed by atoms with Crippen LogP contribution in [0.1, 0.15) is 17.0 Å². The summed E-state index contributed by atoms with van der Waals surface area (Å²) in [7, 11) is 1.49. The summed E-state index contributed by atoms with van der Waals surface area (Å²) in [6.07, 6.45) is 0. The van der Waals surface area contributed by atoms with Gasteiger partial charge in [-0.1, -0.05) is 18.2 Å². The molecular weight excluding hydrogens is 300 g/mol. The molecule has 0 saturated heterocycles. The lowest BCUT2D eigenvalue weighted by molar-refractivity contribution is -0.155.